The normalized spacial score (nSPS) is 11.5. The van der Waals surface area contributed by atoms with E-state index in [2.05, 4.69) is 10.1 Å². The van der Waals surface area contributed by atoms with Gasteiger partial charge in [-0.1, -0.05) is 29.8 Å². The second-order valence-corrected chi connectivity index (χ2v) is 7.59. The fourth-order valence-corrected chi connectivity index (χ4v) is 3.61. The van der Waals surface area contributed by atoms with Gasteiger partial charge < -0.3 is 4.74 Å². The topological polar surface area (TPSA) is 63.7 Å². The van der Waals surface area contributed by atoms with Crippen LogP contribution in [0.4, 0.5) is 13.2 Å². The number of nitrogens with zero attached hydrogens (tertiary/aromatic N) is 4. The average molecular weight is 457 g/mol. The van der Waals surface area contributed by atoms with Crippen LogP contribution >= 0.6 is 11.6 Å². The Morgan fingerprint density at radius 1 is 1.12 bits per heavy atom. The van der Waals surface area contributed by atoms with Crippen molar-refractivity contribution in [3.63, 3.8) is 0 Å². The molecule has 4 rings (SSSR count). The van der Waals surface area contributed by atoms with Crippen LogP contribution in [0.2, 0.25) is 5.02 Å². The van der Waals surface area contributed by atoms with Crippen molar-refractivity contribution < 1.29 is 17.9 Å². The number of nitriles is 1. The third-order valence-electron chi connectivity index (χ3n) is 5.00. The second-order valence-electron chi connectivity index (χ2n) is 7.19. The molecule has 0 N–H and O–H groups in total. The Morgan fingerprint density at radius 3 is 2.59 bits per heavy atom. The summed E-state index contributed by atoms with van der Waals surface area (Å²) in [6.07, 6.45) is -4.64. The van der Waals surface area contributed by atoms with Crippen molar-refractivity contribution in [1.82, 2.24) is 14.8 Å². The number of fused-ring (bicyclic) bond motifs is 1. The molecule has 5 nitrogen and oxygen atoms in total. The largest absolute Gasteiger partial charge is 0.473 e. The van der Waals surface area contributed by atoms with Gasteiger partial charge in [-0.25, -0.2) is 4.68 Å². The molecule has 0 aliphatic rings. The standard InChI is InChI=1S/C23H16ClF3N4O/c1-13-18(24)7-4-8-19(13)31-22-21(14(2)30-31)17(23(25,26)27)10-20(29-22)32-12-16-6-3-5-15(9-16)11-28/h3-10H,12H2,1-2H3. The summed E-state index contributed by atoms with van der Waals surface area (Å²) < 4.78 is 48.7. The molecule has 0 aliphatic heterocycles. The fourth-order valence-electron chi connectivity index (χ4n) is 3.44. The first kappa shape index (κ1) is 21.7. The Morgan fingerprint density at radius 2 is 1.88 bits per heavy atom. The second kappa shape index (κ2) is 8.17. The number of aromatic nitrogens is 3. The van der Waals surface area contributed by atoms with E-state index in [-0.39, 0.29) is 29.2 Å². The number of alkyl halides is 3. The van der Waals surface area contributed by atoms with Gasteiger partial charge in [0.05, 0.1) is 34.0 Å². The molecule has 0 saturated heterocycles. The lowest BCUT2D eigenvalue weighted by molar-refractivity contribution is -0.136. The molecule has 0 unspecified atom stereocenters. The molecule has 0 fully saturated rings. The lowest BCUT2D eigenvalue weighted by Gasteiger charge is -2.13. The number of halogens is 4. The van der Waals surface area contributed by atoms with Gasteiger partial charge in [-0.05, 0) is 49.2 Å². The van der Waals surface area contributed by atoms with Crippen molar-refractivity contribution in [1.29, 1.82) is 5.26 Å². The van der Waals surface area contributed by atoms with Crippen LogP contribution in [0.3, 0.4) is 0 Å². The smallest absolute Gasteiger partial charge is 0.417 e. The minimum absolute atomic E-state index is 0.0171. The molecule has 32 heavy (non-hydrogen) atoms. The van der Waals surface area contributed by atoms with Crippen LogP contribution in [0.15, 0.2) is 48.5 Å². The van der Waals surface area contributed by atoms with Crippen LogP contribution in [0.5, 0.6) is 5.88 Å². The highest BCUT2D eigenvalue weighted by atomic mass is 35.5. The van der Waals surface area contributed by atoms with Crippen LogP contribution in [-0.4, -0.2) is 14.8 Å². The van der Waals surface area contributed by atoms with E-state index in [0.29, 0.717) is 27.4 Å². The molecule has 0 atom stereocenters. The van der Waals surface area contributed by atoms with E-state index in [9.17, 15) is 13.2 Å². The summed E-state index contributed by atoms with van der Waals surface area (Å²) in [6, 6.07) is 14.6. The Bertz CT molecular complexity index is 1370. The average Bonchev–Trinajstić information content (AvgIpc) is 3.09. The van der Waals surface area contributed by atoms with Crippen molar-refractivity contribution >= 4 is 22.6 Å². The zero-order valence-electron chi connectivity index (χ0n) is 17.0. The highest BCUT2D eigenvalue weighted by Gasteiger charge is 2.36. The predicted octanol–water partition coefficient (Wildman–Crippen LogP) is 6.16. The van der Waals surface area contributed by atoms with E-state index in [1.165, 1.54) is 11.6 Å². The zero-order chi connectivity index (χ0) is 23.0. The monoisotopic (exact) mass is 456 g/mol. The summed E-state index contributed by atoms with van der Waals surface area (Å²) in [4.78, 5) is 4.35. The molecule has 2 aromatic heterocycles. The number of ether oxygens (including phenoxy) is 1. The molecule has 0 saturated carbocycles. The third kappa shape index (κ3) is 3.99. The van der Waals surface area contributed by atoms with Crippen LogP contribution in [-0.2, 0) is 12.8 Å². The first-order chi connectivity index (χ1) is 15.2. The van der Waals surface area contributed by atoms with Gasteiger partial charge in [-0.3, -0.25) is 0 Å². The molecule has 0 amide bonds. The summed E-state index contributed by atoms with van der Waals surface area (Å²) in [5.41, 5.74) is 1.57. The van der Waals surface area contributed by atoms with Crippen molar-refractivity contribution in [2.24, 2.45) is 0 Å². The van der Waals surface area contributed by atoms with Gasteiger partial charge in [0.25, 0.3) is 0 Å². The third-order valence-corrected chi connectivity index (χ3v) is 5.41. The van der Waals surface area contributed by atoms with Crippen LogP contribution < -0.4 is 4.74 Å². The molecule has 2 aromatic carbocycles. The van der Waals surface area contributed by atoms with Crippen molar-refractivity contribution in [3.8, 4) is 17.6 Å². The number of benzene rings is 2. The minimum atomic E-state index is -4.64. The van der Waals surface area contributed by atoms with Gasteiger partial charge >= 0.3 is 6.18 Å². The van der Waals surface area contributed by atoms with Crippen LogP contribution in [0.1, 0.15) is 27.9 Å². The van der Waals surface area contributed by atoms with Crippen LogP contribution in [0.25, 0.3) is 16.7 Å². The molecule has 4 aromatic rings. The first-order valence-corrected chi connectivity index (χ1v) is 9.91. The molecule has 0 aliphatic carbocycles. The lowest BCUT2D eigenvalue weighted by Crippen LogP contribution is -2.09. The van der Waals surface area contributed by atoms with Gasteiger partial charge in [0.2, 0.25) is 5.88 Å². The molecule has 0 radical (unpaired) electrons. The molecule has 9 heteroatoms. The summed E-state index contributed by atoms with van der Waals surface area (Å²) >= 11 is 6.21. The number of hydrogen-bond donors (Lipinski definition) is 0. The molecule has 2 heterocycles. The van der Waals surface area contributed by atoms with Gasteiger partial charge in [0, 0.05) is 11.1 Å². The maximum absolute atomic E-state index is 13.9. The lowest BCUT2D eigenvalue weighted by atomic mass is 10.1. The fraction of sp³-hybridized carbons (Fsp3) is 0.174. The predicted molar refractivity (Wildman–Crippen MR) is 114 cm³/mol. The van der Waals surface area contributed by atoms with E-state index in [4.69, 9.17) is 21.6 Å². The molecule has 162 valence electrons. The van der Waals surface area contributed by atoms with Gasteiger partial charge in [0.15, 0.2) is 5.65 Å². The van der Waals surface area contributed by atoms with E-state index < -0.39 is 11.7 Å². The van der Waals surface area contributed by atoms with E-state index in [0.717, 1.165) is 6.07 Å². The Balaban J connectivity index is 1.86. The van der Waals surface area contributed by atoms with Gasteiger partial charge in [-0.15, -0.1) is 0 Å². The quantitative estimate of drug-likeness (QED) is 0.369. The Labute approximate surface area is 186 Å². The zero-order valence-corrected chi connectivity index (χ0v) is 17.8. The van der Waals surface area contributed by atoms with Crippen molar-refractivity contribution in [2.45, 2.75) is 26.6 Å². The molecular formula is C23H16ClF3N4O. The van der Waals surface area contributed by atoms with Gasteiger partial charge in [0.1, 0.15) is 6.61 Å². The number of rotatable bonds is 4. The van der Waals surface area contributed by atoms with E-state index in [1.54, 1.807) is 49.4 Å². The Hall–Kier alpha value is -3.57. The maximum Gasteiger partial charge on any atom is 0.417 e. The molecule has 0 spiro atoms. The van der Waals surface area contributed by atoms with Crippen molar-refractivity contribution in [3.05, 3.63) is 81.5 Å². The number of hydrogen-bond acceptors (Lipinski definition) is 4. The summed E-state index contributed by atoms with van der Waals surface area (Å²) in [5.74, 6) is -0.201. The van der Waals surface area contributed by atoms with E-state index in [1.807, 2.05) is 6.07 Å². The van der Waals surface area contributed by atoms with Gasteiger partial charge in [-0.2, -0.15) is 28.5 Å². The summed E-state index contributed by atoms with van der Waals surface area (Å²) in [7, 11) is 0. The first-order valence-electron chi connectivity index (χ1n) is 9.54. The SMILES string of the molecule is Cc1c(Cl)cccc1-n1nc(C)c2c(C(F)(F)F)cc(OCc3cccc(C#N)c3)nc21. The highest BCUT2D eigenvalue weighted by molar-refractivity contribution is 6.31. The van der Waals surface area contributed by atoms with E-state index >= 15 is 0 Å². The Kier molecular flexibility index (Phi) is 5.53. The summed E-state index contributed by atoms with van der Waals surface area (Å²) in [6.45, 7) is 3.21. The molecule has 0 bridgehead atoms. The minimum Gasteiger partial charge on any atom is -0.473 e. The van der Waals surface area contributed by atoms with Crippen LogP contribution in [0, 0.1) is 25.2 Å². The summed E-state index contributed by atoms with van der Waals surface area (Å²) in [5, 5.41) is 13.7. The number of aryl methyl sites for hydroxylation is 1. The van der Waals surface area contributed by atoms with Crippen molar-refractivity contribution in [2.75, 3.05) is 0 Å². The number of pyridine rings is 1. The molecular weight excluding hydrogens is 441 g/mol. The maximum atomic E-state index is 13.9. The highest BCUT2D eigenvalue weighted by Crippen LogP contribution is 2.39.